The Balaban J connectivity index is 0.000000250. The first kappa shape index (κ1) is 36.4. The summed E-state index contributed by atoms with van der Waals surface area (Å²) in [5.74, 6) is -2.42. The zero-order valence-corrected chi connectivity index (χ0v) is 23.7. The number of hydrogen-bond donors (Lipinski definition) is 4. The smallest absolute Gasteiger partial charge is 0.324 e. The third kappa shape index (κ3) is 9.61. The van der Waals surface area contributed by atoms with Crippen LogP contribution in [0.2, 0.25) is 0 Å². The molecule has 0 saturated carbocycles. The van der Waals surface area contributed by atoms with Crippen LogP contribution in [0.25, 0.3) is 12.2 Å². The Morgan fingerprint density at radius 1 is 0.500 bits per heavy atom. The fourth-order valence-electron chi connectivity index (χ4n) is 3.44. The van der Waals surface area contributed by atoms with Gasteiger partial charge in [0.1, 0.15) is 0 Å². The van der Waals surface area contributed by atoms with Crippen molar-refractivity contribution in [2.45, 2.75) is 0 Å². The molecular weight excluding hydrogens is 648 g/mol. The fourth-order valence-corrected chi connectivity index (χ4v) is 3.44. The van der Waals surface area contributed by atoms with Gasteiger partial charge in [-0.1, -0.05) is 48.6 Å². The molecule has 4 aromatic rings. The van der Waals surface area contributed by atoms with Gasteiger partial charge in [0.2, 0.25) is 0 Å². The number of phenolic OH excluding ortho intramolecular Hbond substituents is 2. The largest absolute Gasteiger partial charge is 0.497 e. The van der Waals surface area contributed by atoms with Crippen LogP contribution in [0.4, 0.5) is 45.5 Å². The van der Waals surface area contributed by atoms with Crippen molar-refractivity contribution < 1.29 is 39.8 Å². The van der Waals surface area contributed by atoms with Gasteiger partial charge in [0.25, 0.3) is 22.9 Å². The van der Waals surface area contributed by atoms with E-state index in [0.717, 1.165) is 11.1 Å². The maximum Gasteiger partial charge on any atom is 0.324 e. The predicted molar refractivity (Wildman–Crippen MR) is 167 cm³/mol. The monoisotopic (exact) mass is 668 g/mol. The molecule has 0 fully saturated rings. The number of hydrogen-bond acceptors (Lipinski definition) is 16. The molecule has 248 valence electrons. The maximum absolute atomic E-state index is 10.4. The van der Waals surface area contributed by atoms with Crippen LogP contribution >= 0.6 is 0 Å². The number of nitro benzene ring substituents is 6. The Bertz CT molecular complexity index is 1790. The van der Waals surface area contributed by atoms with E-state index in [1.807, 2.05) is 54.6 Å². The van der Waals surface area contributed by atoms with E-state index in [-0.39, 0.29) is 0 Å². The van der Waals surface area contributed by atoms with Gasteiger partial charge in [-0.2, -0.15) is 0 Å². The first-order valence-electron chi connectivity index (χ1n) is 12.4. The number of nitrogens with two attached hydrogens (primary N) is 2. The zero-order chi connectivity index (χ0) is 36.3. The number of nitro groups is 6. The van der Waals surface area contributed by atoms with Crippen molar-refractivity contribution in [3.05, 3.63) is 145 Å². The zero-order valence-electron chi connectivity index (χ0n) is 23.7. The van der Waals surface area contributed by atoms with Gasteiger partial charge in [0.15, 0.2) is 0 Å². The van der Waals surface area contributed by atoms with Crippen molar-refractivity contribution in [2.75, 3.05) is 11.5 Å². The lowest BCUT2D eigenvalue weighted by Gasteiger charge is -2.01. The van der Waals surface area contributed by atoms with Crippen LogP contribution in [0.1, 0.15) is 11.1 Å². The highest BCUT2D eigenvalue weighted by Gasteiger charge is 2.31. The summed E-state index contributed by atoms with van der Waals surface area (Å²) in [6.07, 6.45) is 4.02. The van der Waals surface area contributed by atoms with Crippen molar-refractivity contribution in [1.82, 2.24) is 0 Å². The lowest BCUT2D eigenvalue weighted by atomic mass is 10.1. The van der Waals surface area contributed by atoms with Crippen molar-refractivity contribution in [2.24, 2.45) is 0 Å². The molecule has 0 aromatic heterocycles. The number of rotatable bonds is 8. The summed E-state index contributed by atoms with van der Waals surface area (Å²) in [6.45, 7) is 0. The van der Waals surface area contributed by atoms with E-state index in [2.05, 4.69) is 0 Å². The van der Waals surface area contributed by atoms with Crippen molar-refractivity contribution >= 4 is 57.7 Å². The number of benzene rings is 4. The maximum atomic E-state index is 10.4. The molecule has 0 aliphatic heterocycles. The molecule has 0 radical (unpaired) electrons. The van der Waals surface area contributed by atoms with E-state index in [1.54, 1.807) is 6.07 Å². The van der Waals surface area contributed by atoms with Crippen LogP contribution in [0.15, 0.2) is 72.8 Å². The quantitative estimate of drug-likeness (QED) is 0.0804. The molecule has 0 saturated heterocycles. The molecule has 4 aromatic carbocycles. The highest BCUT2D eigenvalue weighted by molar-refractivity contribution is 5.77. The molecule has 0 aliphatic rings. The van der Waals surface area contributed by atoms with E-state index in [0.29, 0.717) is 35.6 Å². The van der Waals surface area contributed by atoms with Crippen LogP contribution in [0.5, 0.6) is 11.5 Å². The average Bonchev–Trinajstić information content (AvgIpc) is 3.01. The molecule has 0 atom stereocenters. The Hall–Kier alpha value is -7.78. The first-order valence-corrected chi connectivity index (χ1v) is 12.4. The summed E-state index contributed by atoms with van der Waals surface area (Å²) in [7, 11) is 0. The van der Waals surface area contributed by atoms with E-state index < -0.39 is 75.2 Å². The van der Waals surface area contributed by atoms with Crippen LogP contribution < -0.4 is 11.5 Å². The van der Waals surface area contributed by atoms with Gasteiger partial charge < -0.3 is 21.7 Å². The number of nitrogens with zero attached hydrogens (tertiary/aromatic N) is 6. The minimum atomic E-state index is -1.21. The highest BCUT2D eigenvalue weighted by Crippen LogP contribution is 2.40. The molecule has 0 spiro atoms. The van der Waals surface area contributed by atoms with Crippen LogP contribution in [-0.2, 0) is 0 Å². The summed E-state index contributed by atoms with van der Waals surface area (Å²) in [6, 6.07) is 17.4. The summed E-state index contributed by atoms with van der Waals surface area (Å²) in [5, 5.41) is 80.4. The van der Waals surface area contributed by atoms with E-state index in [1.165, 1.54) is 0 Å². The Morgan fingerprint density at radius 3 is 1.19 bits per heavy atom. The third-order valence-corrected chi connectivity index (χ3v) is 5.68. The second-order valence-corrected chi connectivity index (χ2v) is 8.84. The molecule has 6 N–H and O–H groups in total. The lowest BCUT2D eigenvalue weighted by molar-refractivity contribution is -0.404. The molecule has 22 heteroatoms. The van der Waals surface area contributed by atoms with Gasteiger partial charge in [0.05, 0.1) is 53.8 Å². The van der Waals surface area contributed by atoms with Gasteiger partial charge in [-0.25, -0.2) is 0 Å². The molecule has 48 heavy (non-hydrogen) atoms. The molecule has 22 nitrogen and oxygen atoms in total. The van der Waals surface area contributed by atoms with Gasteiger partial charge >= 0.3 is 22.7 Å². The minimum Gasteiger partial charge on any atom is -0.497 e. The molecule has 0 aliphatic carbocycles. The average molecular weight is 668 g/mol. The summed E-state index contributed by atoms with van der Waals surface area (Å²) in [5.41, 5.74) is 9.01. The van der Waals surface area contributed by atoms with Gasteiger partial charge in [-0.3, -0.25) is 60.7 Å². The molecule has 0 amide bonds. The highest BCUT2D eigenvalue weighted by atomic mass is 16.7. The minimum absolute atomic E-state index is 0.447. The predicted octanol–water partition coefficient (Wildman–Crippen LogP) is 5.26. The summed E-state index contributed by atoms with van der Waals surface area (Å²) >= 11 is 0. The van der Waals surface area contributed by atoms with E-state index in [4.69, 9.17) is 21.7 Å². The number of phenols is 2. The molecule has 4 rings (SSSR count). The summed E-state index contributed by atoms with van der Waals surface area (Å²) in [4.78, 5) is 55.5. The number of anilines is 2. The topological polar surface area (TPSA) is 351 Å². The normalized spacial score (nSPS) is 10.1. The Kier molecular flexibility index (Phi) is 12.0. The number of nitrogen functional groups attached to an aromatic ring is 2. The van der Waals surface area contributed by atoms with Crippen molar-refractivity contribution in [1.29, 1.82) is 0 Å². The Morgan fingerprint density at radius 2 is 0.875 bits per heavy atom. The molecule has 0 bridgehead atoms. The fraction of sp³-hybridized carbons (Fsp3) is 0. The van der Waals surface area contributed by atoms with Gasteiger partial charge in [-0.15, -0.1) is 0 Å². The van der Waals surface area contributed by atoms with Crippen LogP contribution in [-0.4, -0.2) is 39.8 Å². The van der Waals surface area contributed by atoms with Crippen LogP contribution in [0, 0.1) is 60.7 Å². The summed E-state index contributed by atoms with van der Waals surface area (Å²) < 4.78 is 0. The standard InChI is InChI=1S/C14H14N2.2C6H3N3O7/c15-13-9-8-12(14(16)10-13)7-6-11-4-2-1-3-5-11;2*10-6-4(8(13)14)1-3(7(11)12)2-5(6)9(15)16/h1-10H,15-16H2;2*1-2,10H. The van der Waals surface area contributed by atoms with Crippen LogP contribution in [0.3, 0.4) is 0 Å². The molecular formula is C26H20N8O14. The first-order chi connectivity index (χ1) is 22.4. The number of non-ortho nitro benzene ring substituents is 2. The van der Waals surface area contributed by atoms with Gasteiger partial charge in [0, 0.05) is 11.4 Å². The molecule has 0 heterocycles. The second-order valence-electron chi connectivity index (χ2n) is 8.84. The second kappa shape index (κ2) is 15.8. The van der Waals surface area contributed by atoms with E-state index in [9.17, 15) is 60.7 Å². The van der Waals surface area contributed by atoms with Crippen molar-refractivity contribution in [3.63, 3.8) is 0 Å². The van der Waals surface area contributed by atoms with Crippen molar-refractivity contribution in [3.8, 4) is 11.5 Å². The lowest BCUT2D eigenvalue weighted by Crippen LogP contribution is -1.97. The van der Waals surface area contributed by atoms with E-state index >= 15 is 0 Å². The number of aromatic hydroxyl groups is 2. The SMILES string of the molecule is Nc1ccc(C=Cc2ccccc2)c(N)c1.O=[N+]([O-])c1cc([N+](=O)[O-])c(O)c([N+](=O)[O-])c1.O=[N+]([O-])c1cc([N+](=O)[O-])c(O)c([N+](=O)[O-])c1. The molecule has 0 unspecified atom stereocenters. The Labute approximate surface area is 265 Å². The van der Waals surface area contributed by atoms with Gasteiger partial charge in [-0.05, 0) is 23.3 Å². The third-order valence-electron chi connectivity index (χ3n) is 5.68.